The van der Waals surface area contributed by atoms with Gasteiger partial charge in [0.2, 0.25) is 5.82 Å². The van der Waals surface area contributed by atoms with Crippen LogP contribution in [0.2, 0.25) is 0 Å². The Bertz CT molecular complexity index is 460. The summed E-state index contributed by atoms with van der Waals surface area (Å²) >= 11 is 0. The molecule has 0 bridgehead atoms. The van der Waals surface area contributed by atoms with Crippen LogP contribution in [0.1, 0.15) is 40.5 Å². The van der Waals surface area contributed by atoms with Gasteiger partial charge in [-0.15, -0.1) is 0 Å². The Labute approximate surface area is 120 Å². The van der Waals surface area contributed by atoms with Gasteiger partial charge >= 0.3 is 5.69 Å². The van der Waals surface area contributed by atoms with Crippen molar-refractivity contribution in [2.24, 2.45) is 5.41 Å². The number of anilines is 2. The van der Waals surface area contributed by atoms with Crippen LogP contribution in [-0.2, 0) is 0 Å². The van der Waals surface area contributed by atoms with E-state index in [0.717, 1.165) is 19.4 Å². The molecular weight excluding hydrogens is 256 g/mol. The van der Waals surface area contributed by atoms with Crippen LogP contribution in [0.25, 0.3) is 0 Å². The zero-order valence-electron chi connectivity index (χ0n) is 12.7. The van der Waals surface area contributed by atoms with Crippen LogP contribution in [-0.4, -0.2) is 23.0 Å². The van der Waals surface area contributed by atoms with Crippen LogP contribution in [0.15, 0.2) is 12.1 Å². The van der Waals surface area contributed by atoms with Gasteiger partial charge in [-0.2, -0.15) is 0 Å². The molecule has 0 aromatic carbocycles. The molecule has 0 saturated heterocycles. The summed E-state index contributed by atoms with van der Waals surface area (Å²) in [5, 5.41) is 17.3. The smallest absolute Gasteiger partial charge is 0.311 e. The highest BCUT2D eigenvalue weighted by atomic mass is 16.6. The van der Waals surface area contributed by atoms with Crippen molar-refractivity contribution < 1.29 is 4.92 Å². The van der Waals surface area contributed by atoms with Gasteiger partial charge < -0.3 is 10.6 Å². The molecule has 1 heterocycles. The Morgan fingerprint density at radius 1 is 1.30 bits per heavy atom. The molecule has 0 amide bonds. The molecule has 6 heteroatoms. The second-order valence-corrected chi connectivity index (χ2v) is 5.62. The highest BCUT2D eigenvalue weighted by molar-refractivity contribution is 5.60. The summed E-state index contributed by atoms with van der Waals surface area (Å²) in [6.45, 7) is 9.83. The molecule has 0 aliphatic heterocycles. The fraction of sp³-hybridized carbons (Fsp3) is 0.643. The maximum absolute atomic E-state index is 11.0. The average Bonchev–Trinajstić information content (AvgIpc) is 2.42. The van der Waals surface area contributed by atoms with Crippen molar-refractivity contribution in [1.29, 1.82) is 0 Å². The van der Waals surface area contributed by atoms with Crippen molar-refractivity contribution in [2.75, 3.05) is 23.7 Å². The minimum absolute atomic E-state index is 0.0129. The van der Waals surface area contributed by atoms with Crippen LogP contribution in [0.5, 0.6) is 0 Å². The van der Waals surface area contributed by atoms with E-state index in [1.165, 1.54) is 6.07 Å². The third kappa shape index (κ3) is 4.68. The van der Waals surface area contributed by atoms with E-state index in [2.05, 4.69) is 43.3 Å². The molecule has 0 radical (unpaired) electrons. The molecule has 0 unspecified atom stereocenters. The predicted molar refractivity (Wildman–Crippen MR) is 82.2 cm³/mol. The Morgan fingerprint density at radius 3 is 2.55 bits per heavy atom. The van der Waals surface area contributed by atoms with E-state index >= 15 is 0 Å². The van der Waals surface area contributed by atoms with Crippen LogP contribution in [0.4, 0.5) is 17.3 Å². The Morgan fingerprint density at radius 2 is 2.00 bits per heavy atom. The number of aromatic nitrogens is 1. The quantitative estimate of drug-likeness (QED) is 0.561. The minimum Gasteiger partial charge on any atom is -0.370 e. The first kappa shape index (κ1) is 16.2. The maximum Gasteiger partial charge on any atom is 0.311 e. The van der Waals surface area contributed by atoms with Crippen LogP contribution < -0.4 is 10.6 Å². The third-order valence-corrected chi connectivity index (χ3v) is 3.32. The zero-order valence-corrected chi connectivity index (χ0v) is 12.7. The van der Waals surface area contributed by atoms with Gasteiger partial charge in [0, 0.05) is 19.2 Å². The first-order valence-electron chi connectivity index (χ1n) is 7.03. The fourth-order valence-electron chi connectivity index (χ4n) is 1.53. The lowest BCUT2D eigenvalue weighted by Crippen LogP contribution is -2.23. The number of nitrogens with one attached hydrogen (secondary N) is 2. The number of pyridine rings is 1. The molecule has 112 valence electrons. The lowest BCUT2D eigenvalue weighted by molar-refractivity contribution is -0.384. The summed E-state index contributed by atoms with van der Waals surface area (Å²) < 4.78 is 0. The summed E-state index contributed by atoms with van der Waals surface area (Å²) in [6.07, 6.45) is 1.96. The molecule has 0 aliphatic carbocycles. The van der Waals surface area contributed by atoms with Crippen molar-refractivity contribution in [3.8, 4) is 0 Å². The topological polar surface area (TPSA) is 80.1 Å². The average molecular weight is 280 g/mol. The summed E-state index contributed by atoms with van der Waals surface area (Å²) in [6, 6.07) is 3.14. The largest absolute Gasteiger partial charge is 0.370 e. The van der Waals surface area contributed by atoms with E-state index < -0.39 is 4.92 Å². The Balaban J connectivity index is 2.91. The van der Waals surface area contributed by atoms with Crippen LogP contribution in [0.3, 0.4) is 0 Å². The molecule has 0 spiro atoms. The molecule has 2 N–H and O–H groups in total. The SMILES string of the molecule is CCCNc1ccc([N+](=O)[O-])c(NCC(C)(C)CC)n1. The van der Waals surface area contributed by atoms with E-state index in [1.807, 2.05) is 0 Å². The van der Waals surface area contributed by atoms with Gasteiger partial charge in [0.05, 0.1) is 4.92 Å². The Hall–Kier alpha value is -1.85. The number of nitrogens with zero attached hydrogens (tertiary/aromatic N) is 2. The van der Waals surface area contributed by atoms with Crippen molar-refractivity contribution in [3.05, 3.63) is 22.2 Å². The lowest BCUT2D eigenvalue weighted by Gasteiger charge is -2.23. The predicted octanol–water partition coefficient (Wildman–Crippen LogP) is 3.66. The Kier molecular flexibility index (Phi) is 5.73. The summed E-state index contributed by atoms with van der Waals surface area (Å²) in [5.74, 6) is 0.992. The molecule has 1 rings (SSSR count). The number of hydrogen-bond acceptors (Lipinski definition) is 5. The summed E-state index contributed by atoms with van der Waals surface area (Å²) in [5.41, 5.74) is 0.0847. The molecule has 0 fully saturated rings. The van der Waals surface area contributed by atoms with E-state index in [-0.39, 0.29) is 11.1 Å². The van der Waals surface area contributed by atoms with Gasteiger partial charge in [-0.25, -0.2) is 4.98 Å². The molecule has 0 atom stereocenters. The van der Waals surface area contributed by atoms with Crippen molar-refractivity contribution in [1.82, 2.24) is 4.98 Å². The zero-order chi connectivity index (χ0) is 15.2. The van der Waals surface area contributed by atoms with Crippen molar-refractivity contribution in [2.45, 2.75) is 40.5 Å². The molecule has 6 nitrogen and oxygen atoms in total. The van der Waals surface area contributed by atoms with Crippen LogP contribution in [0, 0.1) is 15.5 Å². The molecule has 1 aromatic rings. The van der Waals surface area contributed by atoms with Crippen LogP contribution >= 0.6 is 0 Å². The molecule has 0 saturated carbocycles. The number of nitro groups is 1. The molecule has 1 aromatic heterocycles. The first-order valence-corrected chi connectivity index (χ1v) is 7.03. The summed E-state index contributed by atoms with van der Waals surface area (Å²) in [7, 11) is 0. The van der Waals surface area contributed by atoms with E-state index in [4.69, 9.17) is 0 Å². The molecular formula is C14H24N4O2. The third-order valence-electron chi connectivity index (χ3n) is 3.32. The van der Waals surface area contributed by atoms with Gasteiger partial charge in [-0.05, 0) is 24.3 Å². The fourth-order valence-corrected chi connectivity index (χ4v) is 1.53. The summed E-state index contributed by atoms with van der Waals surface area (Å²) in [4.78, 5) is 14.9. The monoisotopic (exact) mass is 280 g/mol. The minimum atomic E-state index is -0.405. The van der Waals surface area contributed by atoms with Gasteiger partial charge in [0.1, 0.15) is 5.82 Å². The second-order valence-electron chi connectivity index (χ2n) is 5.62. The molecule has 20 heavy (non-hydrogen) atoms. The van der Waals surface area contributed by atoms with E-state index in [0.29, 0.717) is 18.2 Å². The van der Waals surface area contributed by atoms with Gasteiger partial charge in [-0.3, -0.25) is 10.1 Å². The van der Waals surface area contributed by atoms with Gasteiger partial charge in [0.25, 0.3) is 0 Å². The van der Waals surface area contributed by atoms with Gasteiger partial charge in [0.15, 0.2) is 0 Å². The highest BCUT2D eigenvalue weighted by Crippen LogP contribution is 2.26. The van der Waals surface area contributed by atoms with Crippen molar-refractivity contribution >= 4 is 17.3 Å². The highest BCUT2D eigenvalue weighted by Gasteiger charge is 2.20. The number of hydrogen-bond donors (Lipinski definition) is 2. The van der Waals surface area contributed by atoms with Gasteiger partial charge in [-0.1, -0.05) is 27.7 Å². The molecule has 0 aliphatic rings. The second kappa shape index (κ2) is 7.07. The standard InChI is InChI=1S/C14H24N4O2/c1-5-9-15-12-8-7-11(18(19)20)13(17-12)16-10-14(3,4)6-2/h7-8H,5-6,9-10H2,1-4H3,(H2,15,16,17). The normalized spacial score (nSPS) is 11.2. The lowest BCUT2D eigenvalue weighted by atomic mass is 9.90. The van der Waals surface area contributed by atoms with Crippen molar-refractivity contribution in [3.63, 3.8) is 0 Å². The number of rotatable bonds is 8. The van der Waals surface area contributed by atoms with E-state index in [1.54, 1.807) is 6.07 Å². The van der Waals surface area contributed by atoms with E-state index in [9.17, 15) is 10.1 Å². The first-order chi connectivity index (χ1) is 9.39. The maximum atomic E-state index is 11.0.